The highest BCUT2D eigenvalue weighted by atomic mass is 35.5. The standard InChI is InChI=1S/C20H27ClN2O3/c1-13-2-4-14(5-3-13)20(24)23-10-15-6-18(26-19(15)11-23)12-25-17-7-16(21)8-22-9-17/h7-9,13-15,18-19H,2-6,10-12H2,1H3/t13?,14?,15-,18-,19+/m0/s1. The number of carbonyl (C=O) groups is 1. The normalized spacial score (nSPS) is 33.9. The van der Waals surface area contributed by atoms with E-state index in [-0.39, 0.29) is 18.1 Å². The number of ether oxygens (including phenoxy) is 2. The molecule has 1 aromatic heterocycles. The Labute approximate surface area is 160 Å². The molecule has 5 nitrogen and oxygen atoms in total. The van der Waals surface area contributed by atoms with Gasteiger partial charge in [-0.2, -0.15) is 0 Å². The van der Waals surface area contributed by atoms with Gasteiger partial charge in [-0.25, -0.2) is 0 Å². The third-order valence-electron chi connectivity index (χ3n) is 6.11. The molecule has 0 unspecified atom stereocenters. The summed E-state index contributed by atoms with van der Waals surface area (Å²) in [7, 11) is 0. The van der Waals surface area contributed by atoms with Gasteiger partial charge in [-0.05, 0) is 38.0 Å². The van der Waals surface area contributed by atoms with Crippen LogP contribution in [0.4, 0.5) is 0 Å². The lowest BCUT2D eigenvalue weighted by Crippen LogP contribution is -2.37. The summed E-state index contributed by atoms with van der Waals surface area (Å²) in [4.78, 5) is 18.9. The quantitative estimate of drug-likeness (QED) is 0.803. The zero-order valence-electron chi connectivity index (χ0n) is 15.3. The first-order chi connectivity index (χ1) is 12.6. The maximum atomic E-state index is 12.8. The van der Waals surface area contributed by atoms with Crippen molar-refractivity contribution in [2.45, 2.75) is 51.2 Å². The fraction of sp³-hybridized carbons (Fsp3) is 0.700. The minimum Gasteiger partial charge on any atom is -0.489 e. The minimum atomic E-state index is 0.0803. The molecule has 2 aliphatic heterocycles. The highest BCUT2D eigenvalue weighted by Gasteiger charge is 2.44. The molecule has 3 heterocycles. The molecule has 0 aromatic carbocycles. The third-order valence-corrected chi connectivity index (χ3v) is 6.31. The van der Waals surface area contributed by atoms with Gasteiger partial charge < -0.3 is 14.4 Å². The van der Waals surface area contributed by atoms with Gasteiger partial charge in [0.2, 0.25) is 5.91 Å². The second-order valence-electron chi connectivity index (χ2n) is 8.14. The lowest BCUT2D eigenvalue weighted by molar-refractivity contribution is -0.136. The number of likely N-dealkylation sites (tertiary alicyclic amines) is 1. The maximum Gasteiger partial charge on any atom is 0.225 e. The molecule has 3 fully saturated rings. The molecule has 3 atom stereocenters. The van der Waals surface area contributed by atoms with Crippen LogP contribution in [0.25, 0.3) is 0 Å². The molecule has 0 bridgehead atoms. The van der Waals surface area contributed by atoms with Crippen molar-refractivity contribution in [2.24, 2.45) is 17.8 Å². The Morgan fingerprint density at radius 2 is 2.12 bits per heavy atom. The van der Waals surface area contributed by atoms with E-state index in [9.17, 15) is 4.79 Å². The number of aromatic nitrogens is 1. The lowest BCUT2D eigenvalue weighted by Gasteiger charge is -2.29. The van der Waals surface area contributed by atoms with Crippen molar-refractivity contribution in [1.82, 2.24) is 9.88 Å². The topological polar surface area (TPSA) is 51.7 Å². The predicted octanol–water partition coefficient (Wildman–Crippen LogP) is 3.56. The van der Waals surface area contributed by atoms with E-state index in [4.69, 9.17) is 21.1 Å². The van der Waals surface area contributed by atoms with Gasteiger partial charge in [0.05, 0.1) is 23.4 Å². The molecular formula is C20H27ClN2O3. The third kappa shape index (κ3) is 3.99. The van der Waals surface area contributed by atoms with Gasteiger partial charge in [0, 0.05) is 37.2 Å². The molecule has 1 aliphatic carbocycles. The van der Waals surface area contributed by atoms with E-state index >= 15 is 0 Å². The molecule has 6 heteroatoms. The number of pyridine rings is 1. The Balaban J connectivity index is 1.24. The van der Waals surface area contributed by atoms with Crippen molar-refractivity contribution < 1.29 is 14.3 Å². The molecule has 2 saturated heterocycles. The molecule has 1 aromatic rings. The van der Waals surface area contributed by atoms with E-state index in [0.29, 0.717) is 29.2 Å². The Morgan fingerprint density at radius 3 is 2.85 bits per heavy atom. The Morgan fingerprint density at radius 1 is 1.31 bits per heavy atom. The van der Waals surface area contributed by atoms with Crippen LogP contribution in [0.2, 0.25) is 5.02 Å². The van der Waals surface area contributed by atoms with Crippen LogP contribution in [0.5, 0.6) is 5.75 Å². The monoisotopic (exact) mass is 378 g/mol. The van der Waals surface area contributed by atoms with E-state index in [1.54, 1.807) is 18.5 Å². The highest BCUT2D eigenvalue weighted by Crippen LogP contribution is 2.36. The van der Waals surface area contributed by atoms with Crippen LogP contribution < -0.4 is 4.74 Å². The van der Waals surface area contributed by atoms with Crippen LogP contribution in [0, 0.1) is 17.8 Å². The summed E-state index contributed by atoms with van der Waals surface area (Å²) in [5, 5.41) is 0.568. The fourth-order valence-corrected chi connectivity index (χ4v) is 4.74. The van der Waals surface area contributed by atoms with E-state index in [1.165, 1.54) is 12.8 Å². The van der Waals surface area contributed by atoms with Gasteiger partial charge in [-0.1, -0.05) is 18.5 Å². The minimum absolute atomic E-state index is 0.0803. The smallest absolute Gasteiger partial charge is 0.225 e. The summed E-state index contributed by atoms with van der Waals surface area (Å²) in [5.74, 6) is 2.47. The van der Waals surface area contributed by atoms with Crippen molar-refractivity contribution in [3.8, 4) is 5.75 Å². The number of halogens is 1. The van der Waals surface area contributed by atoms with Crippen LogP contribution >= 0.6 is 11.6 Å². The summed E-state index contributed by atoms with van der Waals surface area (Å²) in [6, 6.07) is 1.76. The average Bonchev–Trinajstić information content (AvgIpc) is 3.19. The van der Waals surface area contributed by atoms with Crippen LogP contribution in [-0.2, 0) is 9.53 Å². The summed E-state index contributed by atoms with van der Waals surface area (Å²) >= 11 is 5.92. The second kappa shape index (κ2) is 7.73. The van der Waals surface area contributed by atoms with Crippen LogP contribution in [0.15, 0.2) is 18.5 Å². The first-order valence-electron chi connectivity index (χ1n) is 9.76. The van der Waals surface area contributed by atoms with Crippen molar-refractivity contribution in [2.75, 3.05) is 19.7 Å². The molecule has 26 heavy (non-hydrogen) atoms. The second-order valence-corrected chi connectivity index (χ2v) is 8.58. The van der Waals surface area contributed by atoms with E-state index in [0.717, 1.165) is 38.3 Å². The van der Waals surface area contributed by atoms with Crippen LogP contribution in [-0.4, -0.2) is 47.7 Å². The number of fused-ring (bicyclic) bond motifs is 1. The van der Waals surface area contributed by atoms with Gasteiger partial charge in [0.25, 0.3) is 0 Å². The molecular weight excluding hydrogens is 352 g/mol. The SMILES string of the molecule is CC1CCC(C(=O)N2C[C@@H]3C[C@@H](COc4cncc(Cl)c4)O[C@@H]3C2)CC1. The summed E-state index contributed by atoms with van der Waals surface area (Å²) in [6.07, 6.45) is 8.91. The van der Waals surface area contributed by atoms with Crippen LogP contribution in [0.3, 0.4) is 0 Å². The van der Waals surface area contributed by atoms with Gasteiger partial charge in [0.1, 0.15) is 12.4 Å². The largest absolute Gasteiger partial charge is 0.489 e. The van der Waals surface area contributed by atoms with Gasteiger partial charge in [0.15, 0.2) is 0 Å². The number of hydrogen-bond acceptors (Lipinski definition) is 4. The Hall–Kier alpha value is -1.33. The van der Waals surface area contributed by atoms with E-state index < -0.39 is 0 Å². The molecule has 0 spiro atoms. The Bertz CT molecular complexity index is 634. The molecule has 4 rings (SSSR count). The first-order valence-corrected chi connectivity index (χ1v) is 10.1. The number of nitrogens with zero attached hydrogens (tertiary/aromatic N) is 2. The summed E-state index contributed by atoms with van der Waals surface area (Å²) in [5.41, 5.74) is 0. The van der Waals surface area contributed by atoms with Crippen molar-refractivity contribution in [1.29, 1.82) is 0 Å². The molecule has 0 radical (unpaired) electrons. The number of rotatable bonds is 4. The van der Waals surface area contributed by atoms with Crippen molar-refractivity contribution in [3.63, 3.8) is 0 Å². The van der Waals surface area contributed by atoms with Crippen molar-refractivity contribution in [3.05, 3.63) is 23.5 Å². The maximum absolute atomic E-state index is 12.8. The first kappa shape index (κ1) is 18.1. The number of hydrogen-bond donors (Lipinski definition) is 0. The molecule has 3 aliphatic rings. The summed E-state index contributed by atoms with van der Waals surface area (Å²) in [6.45, 7) is 4.37. The zero-order chi connectivity index (χ0) is 18.1. The van der Waals surface area contributed by atoms with Gasteiger partial charge in [-0.3, -0.25) is 9.78 Å². The van der Waals surface area contributed by atoms with Crippen molar-refractivity contribution >= 4 is 17.5 Å². The highest BCUT2D eigenvalue weighted by molar-refractivity contribution is 6.30. The summed E-state index contributed by atoms with van der Waals surface area (Å²) < 4.78 is 11.9. The lowest BCUT2D eigenvalue weighted by atomic mass is 9.82. The number of amides is 1. The molecule has 1 saturated carbocycles. The van der Waals surface area contributed by atoms with E-state index in [1.807, 2.05) is 4.90 Å². The van der Waals surface area contributed by atoms with Crippen LogP contribution in [0.1, 0.15) is 39.0 Å². The average molecular weight is 379 g/mol. The van der Waals surface area contributed by atoms with Gasteiger partial charge >= 0.3 is 0 Å². The number of carbonyl (C=O) groups excluding carboxylic acids is 1. The zero-order valence-corrected chi connectivity index (χ0v) is 16.0. The molecule has 142 valence electrons. The predicted molar refractivity (Wildman–Crippen MR) is 99.2 cm³/mol. The molecule has 1 amide bonds. The Kier molecular flexibility index (Phi) is 5.37. The molecule has 0 N–H and O–H groups in total. The van der Waals surface area contributed by atoms with Gasteiger partial charge in [-0.15, -0.1) is 0 Å². The van der Waals surface area contributed by atoms with E-state index in [2.05, 4.69) is 11.9 Å². The fourth-order valence-electron chi connectivity index (χ4n) is 4.58.